The second-order valence-electron chi connectivity index (χ2n) is 28.3. The highest BCUT2D eigenvalue weighted by Gasteiger charge is 2.22. The third-order valence-electron chi connectivity index (χ3n) is 18.0. The van der Waals surface area contributed by atoms with Gasteiger partial charge in [-0.25, -0.2) is 0 Å². The number of quaternary nitrogens is 1. The number of ether oxygens (including phenoxy) is 4. The summed E-state index contributed by atoms with van der Waals surface area (Å²) in [4.78, 5) is 37.6. The molecular weight excluding hydrogens is 1150 g/mol. The summed E-state index contributed by atoms with van der Waals surface area (Å²) in [7, 11) is 5.95. The lowest BCUT2D eigenvalue weighted by Gasteiger charge is -2.26. The van der Waals surface area contributed by atoms with E-state index in [2.05, 4.69) is 86.8 Å². The summed E-state index contributed by atoms with van der Waals surface area (Å²) in [5.41, 5.74) is 0. The van der Waals surface area contributed by atoms with Gasteiger partial charge in [0.1, 0.15) is 13.2 Å². The molecule has 0 saturated heterocycles. The van der Waals surface area contributed by atoms with Crippen LogP contribution in [0.2, 0.25) is 0 Å². The average molecular weight is 1310 g/mol. The normalized spacial score (nSPS) is 13.0. The smallest absolute Gasteiger partial charge is 0.306 e. The van der Waals surface area contributed by atoms with Crippen LogP contribution < -0.4 is 5.11 Å². The van der Waals surface area contributed by atoms with Crippen LogP contribution in [0.5, 0.6) is 0 Å². The maximum atomic E-state index is 13.0. The Morgan fingerprint density at radius 3 is 0.914 bits per heavy atom. The minimum atomic E-state index is -1.62. The summed E-state index contributed by atoms with van der Waals surface area (Å²) in [5, 5.41) is 11.9. The number of rotatable bonds is 75. The van der Waals surface area contributed by atoms with E-state index >= 15 is 0 Å². The fraction of sp³-hybridized carbons (Fsp3) is 0.821. The van der Waals surface area contributed by atoms with Gasteiger partial charge in [0.25, 0.3) is 0 Å². The lowest BCUT2D eigenvalue weighted by molar-refractivity contribution is -0.870. The second-order valence-corrected chi connectivity index (χ2v) is 28.3. The minimum absolute atomic E-state index is 0.149. The van der Waals surface area contributed by atoms with Gasteiger partial charge in [0.05, 0.1) is 40.3 Å². The fourth-order valence-corrected chi connectivity index (χ4v) is 11.9. The van der Waals surface area contributed by atoms with Crippen LogP contribution in [0.1, 0.15) is 386 Å². The van der Waals surface area contributed by atoms with Crippen LogP contribution in [0.25, 0.3) is 0 Å². The Balaban J connectivity index is 4.00. The van der Waals surface area contributed by atoms with E-state index in [1.54, 1.807) is 0 Å². The van der Waals surface area contributed by atoms with Gasteiger partial charge in [-0.15, -0.1) is 0 Å². The summed E-state index contributed by atoms with van der Waals surface area (Å²) in [6.45, 7) is 4.70. The first-order valence-electron chi connectivity index (χ1n) is 40.1. The molecule has 93 heavy (non-hydrogen) atoms. The van der Waals surface area contributed by atoms with E-state index in [1.165, 1.54) is 283 Å². The minimum Gasteiger partial charge on any atom is -0.545 e. The molecule has 9 heteroatoms. The number of carboxylic acids is 1. The van der Waals surface area contributed by atoms with Crippen LogP contribution in [0, 0.1) is 0 Å². The molecule has 0 aromatic carbocycles. The van der Waals surface area contributed by atoms with Crippen molar-refractivity contribution in [1.82, 2.24) is 0 Å². The van der Waals surface area contributed by atoms with Gasteiger partial charge in [-0.05, 0) is 64.2 Å². The molecule has 0 N–H and O–H groups in total. The molecule has 2 unspecified atom stereocenters. The van der Waals surface area contributed by atoms with Crippen LogP contribution in [0.3, 0.4) is 0 Å². The summed E-state index contributed by atoms with van der Waals surface area (Å²) >= 11 is 0. The van der Waals surface area contributed by atoms with Crippen LogP contribution in [0.4, 0.5) is 0 Å². The van der Waals surface area contributed by atoms with Gasteiger partial charge >= 0.3 is 11.9 Å². The van der Waals surface area contributed by atoms with Gasteiger partial charge < -0.3 is 33.3 Å². The zero-order valence-corrected chi connectivity index (χ0v) is 62.1. The monoisotopic (exact) mass is 1300 g/mol. The molecule has 0 amide bonds. The van der Waals surface area contributed by atoms with Gasteiger partial charge in [-0.3, -0.25) is 9.59 Å². The Labute approximate surface area is 577 Å². The molecule has 0 aliphatic heterocycles. The zero-order chi connectivity index (χ0) is 67.5. The predicted octanol–water partition coefficient (Wildman–Crippen LogP) is 24.3. The standard InChI is InChI=1S/C84H153NO8/c1-6-8-10-12-14-16-18-20-22-24-26-28-30-32-34-36-38-40-41-43-45-47-49-51-53-55-57-59-61-63-65-67-69-71-73-75-82(87)93-80(79-92-84(83(88)89)90-77-76-85(3,4)5)78-91-81(86)74-72-70-68-66-64-62-60-58-56-54-52-50-48-46-44-42-39-37-35-33-31-29-27-25-23-21-19-17-15-13-11-9-7-2/h8,10,14,16,20,22,26,28,32,34,38,40,80,84H,6-7,9,11-13,15,17-19,21,23-25,27,29-31,33,35-37,39,41-79H2,1-5H3/b10-8-,16-14-,22-20-,28-26-,34-32-,40-38-. The van der Waals surface area contributed by atoms with Crippen molar-refractivity contribution >= 4 is 17.9 Å². The molecule has 0 saturated carbocycles. The predicted molar refractivity (Wildman–Crippen MR) is 398 cm³/mol. The molecule has 0 aromatic heterocycles. The molecule has 0 aromatic rings. The number of aliphatic carboxylic acids is 1. The van der Waals surface area contributed by atoms with E-state index in [4.69, 9.17) is 18.9 Å². The molecule has 0 aliphatic rings. The molecule has 0 spiro atoms. The lowest BCUT2D eigenvalue weighted by atomic mass is 10.0. The van der Waals surface area contributed by atoms with Crippen molar-refractivity contribution in [2.75, 3.05) is 47.5 Å². The molecule has 2 atom stereocenters. The van der Waals surface area contributed by atoms with E-state index < -0.39 is 24.3 Å². The molecule has 0 radical (unpaired) electrons. The number of likely N-dealkylation sites (N-methyl/N-ethyl adjacent to an activating group) is 1. The third-order valence-corrected chi connectivity index (χ3v) is 18.0. The average Bonchev–Trinajstić information content (AvgIpc) is 3.74. The summed E-state index contributed by atoms with van der Waals surface area (Å²) in [5.74, 6) is -2.26. The maximum absolute atomic E-state index is 13.0. The van der Waals surface area contributed by atoms with Crippen molar-refractivity contribution in [1.29, 1.82) is 0 Å². The summed E-state index contributed by atoms with van der Waals surface area (Å²) in [6.07, 6.45) is 97.4. The second kappa shape index (κ2) is 74.5. The molecule has 542 valence electrons. The van der Waals surface area contributed by atoms with Crippen molar-refractivity contribution in [3.05, 3.63) is 72.9 Å². The number of nitrogens with zero attached hydrogens (tertiary/aromatic N) is 1. The van der Waals surface area contributed by atoms with Crippen LogP contribution in [-0.2, 0) is 33.3 Å². The highest BCUT2D eigenvalue weighted by Crippen LogP contribution is 2.20. The highest BCUT2D eigenvalue weighted by molar-refractivity contribution is 5.70. The first kappa shape index (κ1) is 89.7. The number of carbonyl (C=O) groups excluding carboxylic acids is 3. The van der Waals surface area contributed by atoms with Crippen molar-refractivity contribution in [2.24, 2.45) is 0 Å². The number of hydrogen-bond acceptors (Lipinski definition) is 8. The van der Waals surface area contributed by atoms with E-state index in [0.717, 1.165) is 70.6 Å². The van der Waals surface area contributed by atoms with Crippen molar-refractivity contribution in [2.45, 2.75) is 399 Å². The SMILES string of the molecule is CC/C=C\C/C=C\C/C=C\C/C=C\C/C=C\C/C=C\CCCCCCCCCCCCCCCCCCC(=O)OC(COC(=O)CCCCCCCCCCCCCCCCCCCCCCCCCCCCCCCCCCC)COC(OCC[N+](C)(C)C)C(=O)[O-]. The Hall–Kier alpha value is -3.27. The van der Waals surface area contributed by atoms with Crippen molar-refractivity contribution < 1.29 is 42.9 Å². The van der Waals surface area contributed by atoms with Gasteiger partial charge in [0, 0.05) is 12.8 Å². The Kier molecular flexibility index (Phi) is 71.9. The van der Waals surface area contributed by atoms with E-state index in [0.29, 0.717) is 23.9 Å². The molecule has 0 rings (SSSR count). The molecule has 0 bridgehead atoms. The molecule has 0 aliphatic carbocycles. The Bertz CT molecular complexity index is 1760. The lowest BCUT2D eigenvalue weighted by Crippen LogP contribution is -2.44. The first-order valence-corrected chi connectivity index (χ1v) is 40.1. The molecule has 0 fully saturated rings. The Morgan fingerprint density at radius 2 is 0.613 bits per heavy atom. The van der Waals surface area contributed by atoms with Gasteiger partial charge in [0.2, 0.25) is 0 Å². The quantitative estimate of drug-likeness (QED) is 0.0195. The third kappa shape index (κ3) is 76.0. The highest BCUT2D eigenvalue weighted by atomic mass is 16.7. The van der Waals surface area contributed by atoms with E-state index in [9.17, 15) is 19.5 Å². The number of carboxylic acid groups (broad SMARTS) is 1. The van der Waals surface area contributed by atoms with Gasteiger partial charge in [-0.2, -0.15) is 0 Å². The van der Waals surface area contributed by atoms with Crippen LogP contribution in [-0.4, -0.2) is 82.3 Å². The fourth-order valence-electron chi connectivity index (χ4n) is 11.9. The maximum Gasteiger partial charge on any atom is 0.306 e. The van der Waals surface area contributed by atoms with E-state index in [-0.39, 0.29) is 32.2 Å². The number of unbranched alkanes of at least 4 members (excludes halogenated alkanes) is 48. The zero-order valence-electron chi connectivity index (χ0n) is 62.1. The number of esters is 2. The largest absolute Gasteiger partial charge is 0.545 e. The van der Waals surface area contributed by atoms with Gasteiger partial charge in [0.15, 0.2) is 12.4 Å². The summed E-state index contributed by atoms with van der Waals surface area (Å²) < 4.78 is 22.9. The Morgan fingerprint density at radius 1 is 0.333 bits per heavy atom. The number of allylic oxidation sites excluding steroid dienone is 12. The molecular formula is C84H153NO8. The number of hydrogen-bond donors (Lipinski definition) is 0. The van der Waals surface area contributed by atoms with Crippen LogP contribution >= 0.6 is 0 Å². The van der Waals surface area contributed by atoms with Crippen molar-refractivity contribution in [3.8, 4) is 0 Å². The van der Waals surface area contributed by atoms with Crippen LogP contribution in [0.15, 0.2) is 72.9 Å². The first-order chi connectivity index (χ1) is 45.6. The van der Waals surface area contributed by atoms with Gasteiger partial charge in [-0.1, -0.05) is 382 Å². The summed E-state index contributed by atoms with van der Waals surface area (Å²) in [6, 6.07) is 0. The topological polar surface area (TPSA) is 111 Å². The molecule has 0 heterocycles. The van der Waals surface area contributed by atoms with Crippen molar-refractivity contribution in [3.63, 3.8) is 0 Å². The number of carbonyl (C=O) groups is 3. The van der Waals surface area contributed by atoms with E-state index in [1.807, 2.05) is 21.1 Å². The molecule has 9 nitrogen and oxygen atoms in total.